The van der Waals surface area contributed by atoms with Crippen molar-refractivity contribution in [3.63, 3.8) is 0 Å². The highest BCUT2D eigenvalue weighted by Gasteiger charge is 1.98. The highest BCUT2D eigenvalue weighted by atomic mass is 15.0. The summed E-state index contributed by atoms with van der Waals surface area (Å²) < 4.78 is 0. The van der Waals surface area contributed by atoms with Crippen LogP contribution in [-0.4, -0.2) is 23.1 Å². The zero-order valence-electron chi connectivity index (χ0n) is 9.33. The van der Waals surface area contributed by atoms with Crippen LogP contribution in [0.15, 0.2) is 18.2 Å². The van der Waals surface area contributed by atoms with Crippen molar-refractivity contribution in [2.45, 2.75) is 20.3 Å². The molecule has 15 heavy (non-hydrogen) atoms. The van der Waals surface area contributed by atoms with E-state index in [0.717, 1.165) is 30.3 Å². The van der Waals surface area contributed by atoms with Gasteiger partial charge in [-0.25, -0.2) is 9.97 Å². The van der Waals surface area contributed by atoms with Crippen LogP contribution in [0.4, 0.5) is 5.82 Å². The number of nitrogens with one attached hydrogen (secondary N) is 1. The maximum atomic E-state index is 5.34. The molecule has 0 amide bonds. The van der Waals surface area contributed by atoms with E-state index in [4.69, 9.17) is 5.73 Å². The standard InChI is InChI=1S/C11H18N4/c1-3-10-8-11(15-9(2)14-10)13-7-5-4-6-12/h4-5,8H,3,6-7,12H2,1-2H3,(H,13,14,15)/b5-4+. The molecule has 0 radical (unpaired) electrons. The van der Waals surface area contributed by atoms with Crippen molar-refractivity contribution in [2.24, 2.45) is 5.73 Å². The summed E-state index contributed by atoms with van der Waals surface area (Å²) in [4.78, 5) is 8.60. The quantitative estimate of drug-likeness (QED) is 0.712. The van der Waals surface area contributed by atoms with Crippen molar-refractivity contribution in [2.75, 3.05) is 18.4 Å². The molecule has 0 atom stereocenters. The van der Waals surface area contributed by atoms with Gasteiger partial charge in [-0.15, -0.1) is 0 Å². The molecule has 0 bridgehead atoms. The van der Waals surface area contributed by atoms with Gasteiger partial charge in [0.15, 0.2) is 0 Å². The van der Waals surface area contributed by atoms with Crippen molar-refractivity contribution in [3.8, 4) is 0 Å². The van der Waals surface area contributed by atoms with E-state index in [2.05, 4.69) is 22.2 Å². The zero-order chi connectivity index (χ0) is 11.1. The Morgan fingerprint density at radius 2 is 2.20 bits per heavy atom. The molecule has 0 saturated carbocycles. The number of nitrogens with zero attached hydrogens (tertiary/aromatic N) is 2. The van der Waals surface area contributed by atoms with Gasteiger partial charge in [0.05, 0.1) is 0 Å². The monoisotopic (exact) mass is 206 g/mol. The van der Waals surface area contributed by atoms with Gasteiger partial charge in [-0.1, -0.05) is 19.1 Å². The van der Waals surface area contributed by atoms with Gasteiger partial charge in [-0.05, 0) is 13.3 Å². The van der Waals surface area contributed by atoms with Crippen molar-refractivity contribution in [1.82, 2.24) is 9.97 Å². The van der Waals surface area contributed by atoms with E-state index in [-0.39, 0.29) is 0 Å². The molecule has 4 nitrogen and oxygen atoms in total. The summed E-state index contributed by atoms with van der Waals surface area (Å²) in [6.07, 6.45) is 4.83. The molecule has 0 fully saturated rings. The van der Waals surface area contributed by atoms with Crippen LogP contribution in [0.2, 0.25) is 0 Å². The Bertz CT molecular complexity index is 333. The lowest BCUT2D eigenvalue weighted by atomic mass is 10.3. The van der Waals surface area contributed by atoms with E-state index in [1.54, 1.807) is 0 Å². The average Bonchev–Trinajstić information content (AvgIpc) is 2.23. The molecular formula is C11H18N4. The second-order valence-electron chi connectivity index (χ2n) is 3.23. The molecule has 0 aliphatic heterocycles. The molecule has 4 heteroatoms. The van der Waals surface area contributed by atoms with Crippen LogP contribution >= 0.6 is 0 Å². The summed E-state index contributed by atoms with van der Waals surface area (Å²) in [6, 6.07) is 1.98. The SMILES string of the molecule is CCc1cc(NC/C=C/CN)nc(C)n1. The molecular weight excluding hydrogens is 188 g/mol. The lowest BCUT2D eigenvalue weighted by molar-refractivity contribution is 0.948. The number of hydrogen-bond acceptors (Lipinski definition) is 4. The molecule has 1 heterocycles. The van der Waals surface area contributed by atoms with E-state index in [9.17, 15) is 0 Å². The van der Waals surface area contributed by atoms with Crippen LogP contribution in [0.5, 0.6) is 0 Å². The van der Waals surface area contributed by atoms with E-state index in [0.29, 0.717) is 6.54 Å². The first-order valence-corrected chi connectivity index (χ1v) is 5.19. The second-order valence-corrected chi connectivity index (χ2v) is 3.23. The smallest absolute Gasteiger partial charge is 0.130 e. The number of rotatable bonds is 5. The average molecular weight is 206 g/mol. The normalized spacial score (nSPS) is 10.9. The summed E-state index contributed by atoms with van der Waals surface area (Å²) in [5.74, 6) is 1.68. The molecule has 1 aromatic rings. The van der Waals surface area contributed by atoms with Gasteiger partial charge in [0, 0.05) is 24.8 Å². The fraction of sp³-hybridized carbons (Fsp3) is 0.455. The Morgan fingerprint density at radius 1 is 1.40 bits per heavy atom. The van der Waals surface area contributed by atoms with Crippen molar-refractivity contribution in [1.29, 1.82) is 0 Å². The fourth-order valence-electron chi connectivity index (χ4n) is 1.24. The minimum Gasteiger partial charge on any atom is -0.366 e. The van der Waals surface area contributed by atoms with Crippen LogP contribution in [0.3, 0.4) is 0 Å². The number of aryl methyl sites for hydroxylation is 2. The summed E-state index contributed by atoms with van der Waals surface area (Å²) in [5, 5.41) is 3.20. The maximum Gasteiger partial charge on any atom is 0.130 e. The summed E-state index contributed by atoms with van der Waals surface area (Å²) >= 11 is 0. The van der Waals surface area contributed by atoms with Crippen LogP contribution in [0.1, 0.15) is 18.4 Å². The number of hydrogen-bond donors (Lipinski definition) is 2. The maximum absolute atomic E-state index is 5.34. The Balaban J connectivity index is 2.60. The molecule has 0 aromatic carbocycles. The predicted molar refractivity (Wildman–Crippen MR) is 62.8 cm³/mol. The van der Waals surface area contributed by atoms with Gasteiger partial charge in [0.1, 0.15) is 11.6 Å². The third-order valence-electron chi connectivity index (χ3n) is 1.96. The van der Waals surface area contributed by atoms with Crippen molar-refractivity contribution in [3.05, 3.63) is 29.7 Å². The van der Waals surface area contributed by atoms with Gasteiger partial charge < -0.3 is 11.1 Å². The van der Waals surface area contributed by atoms with Gasteiger partial charge in [-0.2, -0.15) is 0 Å². The van der Waals surface area contributed by atoms with Crippen LogP contribution < -0.4 is 11.1 Å². The topological polar surface area (TPSA) is 63.8 Å². The second kappa shape index (κ2) is 6.14. The zero-order valence-corrected chi connectivity index (χ0v) is 9.33. The van der Waals surface area contributed by atoms with Gasteiger partial charge in [0.2, 0.25) is 0 Å². The first kappa shape index (κ1) is 11.7. The molecule has 0 saturated heterocycles. The number of anilines is 1. The first-order valence-electron chi connectivity index (χ1n) is 5.19. The molecule has 0 aliphatic rings. The molecule has 1 rings (SSSR count). The minimum absolute atomic E-state index is 0.574. The highest BCUT2D eigenvalue weighted by Crippen LogP contribution is 2.06. The molecule has 3 N–H and O–H groups in total. The molecule has 0 spiro atoms. The number of aromatic nitrogens is 2. The van der Waals surface area contributed by atoms with Crippen molar-refractivity contribution >= 4 is 5.82 Å². The number of nitrogens with two attached hydrogens (primary N) is 1. The molecule has 0 aliphatic carbocycles. The summed E-state index contributed by atoms with van der Waals surface area (Å²) in [5.41, 5.74) is 6.40. The third-order valence-corrected chi connectivity index (χ3v) is 1.96. The Morgan fingerprint density at radius 3 is 2.87 bits per heavy atom. The van der Waals surface area contributed by atoms with Crippen molar-refractivity contribution < 1.29 is 0 Å². The Labute approximate surface area is 90.6 Å². The molecule has 1 aromatic heterocycles. The van der Waals surface area contributed by atoms with Crippen LogP contribution in [0.25, 0.3) is 0 Å². The predicted octanol–water partition coefficient (Wildman–Crippen LogP) is 1.27. The van der Waals surface area contributed by atoms with Gasteiger partial charge >= 0.3 is 0 Å². The van der Waals surface area contributed by atoms with E-state index < -0.39 is 0 Å². The summed E-state index contributed by atoms with van der Waals surface area (Å²) in [6.45, 7) is 5.31. The Hall–Kier alpha value is -1.42. The molecule has 82 valence electrons. The highest BCUT2D eigenvalue weighted by molar-refractivity contribution is 5.36. The van der Waals surface area contributed by atoms with Gasteiger partial charge in [0.25, 0.3) is 0 Å². The lowest BCUT2D eigenvalue weighted by Crippen LogP contribution is -2.05. The molecule has 0 unspecified atom stereocenters. The first-order chi connectivity index (χ1) is 7.26. The largest absolute Gasteiger partial charge is 0.366 e. The van der Waals surface area contributed by atoms with E-state index in [1.165, 1.54) is 0 Å². The summed E-state index contributed by atoms with van der Waals surface area (Å²) in [7, 11) is 0. The van der Waals surface area contributed by atoms with Crippen LogP contribution in [0, 0.1) is 6.92 Å². The third kappa shape index (κ3) is 4.08. The van der Waals surface area contributed by atoms with E-state index in [1.807, 2.05) is 25.1 Å². The van der Waals surface area contributed by atoms with E-state index >= 15 is 0 Å². The fourth-order valence-corrected chi connectivity index (χ4v) is 1.24. The van der Waals surface area contributed by atoms with Crippen LogP contribution in [-0.2, 0) is 6.42 Å². The minimum atomic E-state index is 0.574. The van der Waals surface area contributed by atoms with Gasteiger partial charge in [-0.3, -0.25) is 0 Å². The lowest BCUT2D eigenvalue weighted by Gasteiger charge is -2.05. The Kier molecular flexibility index (Phi) is 4.77.